The molecule has 1 aromatic heterocycles. The van der Waals surface area contributed by atoms with Crippen LogP contribution in [-0.2, 0) is 11.2 Å². The highest BCUT2D eigenvalue weighted by Crippen LogP contribution is 2.31. The molecule has 0 N–H and O–H groups in total. The van der Waals surface area contributed by atoms with Gasteiger partial charge in [0, 0.05) is 24.6 Å². The number of carbonyl (C=O) groups is 1. The standard InChI is InChI=1S/C23H23NO6/c1-3-15-10-23(26)30-21-11-16(8-9-18(15)21)27-14-22(25)24(2)12-17-13-28-19-6-4-5-7-20(19)29-17/h4-11,17H,3,12-14H2,1-2H3. The summed E-state index contributed by atoms with van der Waals surface area (Å²) in [6.07, 6.45) is 0.472. The van der Waals surface area contributed by atoms with Crippen LogP contribution < -0.4 is 19.8 Å². The van der Waals surface area contributed by atoms with Crippen molar-refractivity contribution < 1.29 is 23.4 Å². The molecule has 1 unspecified atom stereocenters. The molecule has 30 heavy (non-hydrogen) atoms. The first-order chi connectivity index (χ1) is 14.5. The van der Waals surface area contributed by atoms with E-state index < -0.39 is 5.63 Å². The van der Waals surface area contributed by atoms with Crippen LogP contribution in [0.25, 0.3) is 11.0 Å². The quantitative estimate of drug-likeness (QED) is 0.583. The molecule has 1 atom stereocenters. The molecule has 2 aromatic carbocycles. The van der Waals surface area contributed by atoms with Gasteiger partial charge in [0.2, 0.25) is 0 Å². The third kappa shape index (κ3) is 4.25. The van der Waals surface area contributed by atoms with Crippen LogP contribution in [-0.4, -0.2) is 43.7 Å². The van der Waals surface area contributed by atoms with Crippen LogP contribution in [0.2, 0.25) is 0 Å². The Labute approximate surface area is 173 Å². The molecule has 1 amide bonds. The van der Waals surface area contributed by atoms with E-state index in [4.69, 9.17) is 18.6 Å². The lowest BCUT2D eigenvalue weighted by molar-refractivity contribution is -0.133. The molecule has 0 aliphatic carbocycles. The van der Waals surface area contributed by atoms with Crippen molar-refractivity contribution in [3.8, 4) is 17.2 Å². The van der Waals surface area contributed by atoms with Crippen LogP contribution in [0, 0.1) is 0 Å². The van der Waals surface area contributed by atoms with E-state index in [0.717, 1.165) is 17.4 Å². The molecule has 3 aromatic rings. The van der Waals surface area contributed by atoms with Gasteiger partial charge in [-0.15, -0.1) is 0 Å². The lowest BCUT2D eigenvalue weighted by Gasteiger charge is -2.29. The zero-order chi connectivity index (χ0) is 21.1. The zero-order valence-corrected chi connectivity index (χ0v) is 16.9. The first-order valence-electron chi connectivity index (χ1n) is 9.85. The van der Waals surface area contributed by atoms with Crippen molar-refractivity contribution in [1.82, 2.24) is 4.90 Å². The molecule has 0 saturated carbocycles. The number of rotatable bonds is 6. The van der Waals surface area contributed by atoms with E-state index in [1.165, 1.54) is 6.07 Å². The molecule has 4 rings (SSSR count). The molecule has 2 heterocycles. The summed E-state index contributed by atoms with van der Waals surface area (Å²) in [5.74, 6) is 1.66. The number of para-hydroxylation sites is 2. The van der Waals surface area contributed by atoms with Gasteiger partial charge >= 0.3 is 5.63 Å². The maximum atomic E-state index is 12.5. The Hall–Kier alpha value is -3.48. The summed E-state index contributed by atoms with van der Waals surface area (Å²) in [5, 5.41) is 0.864. The minimum absolute atomic E-state index is 0.135. The minimum Gasteiger partial charge on any atom is -0.486 e. The third-order valence-electron chi connectivity index (χ3n) is 5.02. The fraction of sp³-hybridized carbons (Fsp3) is 0.304. The van der Waals surface area contributed by atoms with E-state index in [9.17, 15) is 9.59 Å². The van der Waals surface area contributed by atoms with E-state index >= 15 is 0 Å². The predicted octanol–water partition coefficient (Wildman–Crippen LogP) is 3.03. The first-order valence-corrected chi connectivity index (χ1v) is 9.85. The number of carbonyl (C=O) groups excluding carboxylic acids is 1. The van der Waals surface area contributed by atoms with Crippen molar-refractivity contribution >= 4 is 16.9 Å². The average molecular weight is 409 g/mol. The second-order valence-electron chi connectivity index (χ2n) is 7.16. The van der Waals surface area contributed by atoms with Crippen LogP contribution in [0.4, 0.5) is 0 Å². The fourth-order valence-corrected chi connectivity index (χ4v) is 3.41. The molecule has 0 fully saturated rings. The van der Waals surface area contributed by atoms with Crippen molar-refractivity contribution in [3.63, 3.8) is 0 Å². The van der Waals surface area contributed by atoms with Gasteiger partial charge in [-0.1, -0.05) is 19.1 Å². The lowest BCUT2D eigenvalue weighted by Crippen LogP contribution is -2.43. The van der Waals surface area contributed by atoms with E-state index in [1.54, 1.807) is 24.1 Å². The number of aryl methyl sites for hydroxylation is 1. The first kappa shape index (κ1) is 19.8. The number of hydrogen-bond donors (Lipinski definition) is 0. The molecule has 0 saturated heterocycles. The number of fused-ring (bicyclic) bond motifs is 2. The minimum atomic E-state index is -0.399. The molecule has 7 heteroatoms. The Bertz CT molecular complexity index is 1120. The summed E-state index contributed by atoms with van der Waals surface area (Å²) in [6.45, 7) is 2.60. The van der Waals surface area contributed by atoms with Crippen LogP contribution in [0.3, 0.4) is 0 Å². The van der Waals surface area contributed by atoms with Crippen molar-refractivity contribution in [1.29, 1.82) is 0 Å². The number of ether oxygens (including phenoxy) is 3. The van der Waals surface area contributed by atoms with Crippen molar-refractivity contribution in [2.45, 2.75) is 19.4 Å². The molecule has 0 bridgehead atoms. The number of hydrogen-bond acceptors (Lipinski definition) is 6. The van der Waals surface area contributed by atoms with Gasteiger partial charge in [0.25, 0.3) is 5.91 Å². The molecule has 0 spiro atoms. The zero-order valence-electron chi connectivity index (χ0n) is 16.9. The molecule has 156 valence electrons. The molecular weight excluding hydrogens is 386 g/mol. The maximum absolute atomic E-state index is 12.5. The van der Waals surface area contributed by atoms with E-state index in [0.29, 0.717) is 36.0 Å². The van der Waals surface area contributed by atoms with Crippen LogP contribution in [0.5, 0.6) is 17.2 Å². The normalized spacial score (nSPS) is 15.1. The smallest absolute Gasteiger partial charge is 0.336 e. The highest BCUT2D eigenvalue weighted by molar-refractivity contribution is 5.82. The summed E-state index contributed by atoms with van der Waals surface area (Å²) >= 11 is 0. The van der Waals surface area contributed by atoms with Gasteiger partial charge in [-0.25, -0.2) is 4.79 Å². The third-order valence-corrected chi connectivity index (χ3v) is 5.02. The largest absolute Gasteiger partial charge is 0.486 e. The van der Waals surface area contributed by atoms with E-state index in [2.05, 4.69) is 0 Å². The summed E-state index contributed by atoms with van der Waals surface area (Å²) in [5.41, 5.74) is 0.965. The van der Waals surface area contributed by atoms with Crippen molar-refractivity contribution in [2.75, 3.05) is 26.8 Å². The highest BCUT2D eigenvalue weighted by atomic mass is 16.6. The highest BCUT2D eigenvalue weighted by Gasteiger charge is 2.23. The van der Waals surface area contributed by atoms with Crippen LogP contribution >= 0.6 is 0 Å². The van der Waals surface area contributed by atoms with Gasteiger partial charge in [-0.2, -0.15) is 0 Å². The molecule has 0 radical (unpaired) electrons. The lowest BCUT2D eigenvalue weighted by atomic mass is 10.1. The number of benzene rings is 2. The topological polar surface area (TPSA) is 78.2 Å². The van der Waals surface area contributed by atoms with Gasteiger partial charge in [0.1, 0.15) is 17.9 Å². The summed E-state index contributed by atoms with van der Waals surface area (Å²) < 4.78 is 22.5. The predicted molar refractivity (Wildman–Crippen MR) is 111 cm³/mol. The SMILES string of the molecule is CCc1cc(=O)oc2cc(OCC(=O)N(C)CC3COc4ccccc4O3)ccc12. The number of nitrogens with zero attached hydrogens (tertiary/aromatic N) is 1. The van der Waals surface area contributed by atoms with Crippen LogP contribution in [0.15, 0.2) is 57.7 Å². The number of likely N-dealkylation sites (N-methyl/N-ethyl adjacent to an activating group) is 1. The maximum Gasteiger partial charge on any atom is 0.336 e. The van der Waals surface area contributed by atoms with Gasteiger partial charge in [0.05, 0.1) is 6.54 Å². The van der Waals surface area contributed by atoms with Crippen LogP contribution in [0.1, 0.15) is 12.5 Å². The molecule has 7 nitrogen and oxygen atoms in total. The summed E-state index contributed by atoms with van der Waals surface area (Å²) in [4.78, 5) is 25.7. The summed E-state index contributed by atoms with van der Waals surface area (Å²) in [7, 11) is 1.70. The molecular formula is C23H23NO6. The Morgan fingerprint density at radius 1 is 1.17 bits per heavy atom. The van der Waals surface area contributed by atoms with E-state index in [-0.39, 0.29) is 18.6 Å². The average Bonchev–Trinajstić information content (AvgIpc) is 2.76. The Balaban J connectivity index is 1.36. The Kier molecular flexibility index (Phi) is 5.61. The van der Waals surface area contributed by atoms with Gasteiger partial charge in [-0.05, 0) is 36.2 Å². The van der Waals surface area contributed by atoms with Crippen molar-refractivity contribution in [2.24, 2.45) is 0 Å². The monoisotopic (exact) mass is 409 g/mol. The Morgan fingerprint density at radius 2 is 1.97 bits per heavy atom. The van der Waals surface area contributed by atoms with Crippen molar-refractivity contribution in [3.05, 3.63) is 64.5 Å². The second-order valence-corrected chi connectivity index (χ2v) is 7.16. The second kappa shape index (κ2) is 8.49. The summed E-state index contributed by atoms with van der Waals surface area (Å²) in [6, 6.07) is 14.2. The number of amides is 1. The molecule has 1 aliphatic rings. The molecule has 1 aliphatic heterocycles. The van der Waals surface area contributed by atoms with Gasteiger partial charge in [0.15, 0.2) is 24.2 Å². The fourth-order valence-electron chi connectivity index (χ4n) is 3.41. The van der Waals surface area contributed by atoms with E-state index in [1.807, 2.05) is 37.3 Å². The Morgan fingerprint density at radius 3 is 2.77 bits per heavy atom. The van der Waals surface area contributed by atoms with Gasteiger partial charge < -0.3 is 23.5 Å². The van der Waals surface area contributed by atoms with Gasteiger partial charge in [-0.3, -0.25) is 4.79 Å².